The zero-order chi connectivity index (χ0) is 5.28. The molecule has 38 valence electrons. The lowest BCUT2D eigenvalue weighted by atomic mass is 10.3. The zero-order valence-electron chi connectivity index (χ0n) is 3.87. The molecule has 0 aromatic rings. The molecular weight excluding hydrogens is 92.8 g/mol. The van der Waals surface area contributed by atoms with Crippen LogP contribution in [-0.4, -0.2) is 37.5 Å². The molecule has 1 aliphatic rings. The summed E-state index contributed by atoms with van der Waals surface area (Å²) in [5.74, 6) is 0. The topological polar surface area (TPSA) is 32.7 Å². The van der Waals surface area contributed by atoms with Gasteiger partial charge in [0.25, 0.3) is 0 Å². The largest absolute Gasteiger partial charge is 0.356 e. The summed E-state index contributed by atoms with van der Waals surface area (Å²) < 4.78 is 4.62. The number of hydrogen-bond acceptors (Lipinski definition) is 3. The van der Waals surface area contributed by atoms with Gasteiger partial charge >= 0.3 is 0 Å². The van der Waals surface area contributed by atoms with Crippen LogP contribution in [0.15, 0.2) is 0 Å². The molecule has 2 radical (unpaired) electrons. The summed E-state index contributed by atoms with van der Waals surface area (Å²) in [7, 11) is 5.14. The lowest BCUT2D eigenvalue weighted by Gasteiger charge is -2.09. The summed E-state index contributed by atoms with van der Waals surface area (Å²) >= 11 is 0. The molecule has 7 heavy (non-hydrogen) atoms. The van der Waals surface area contributed by atoms with Gasteiger partial charge in [0.1, 0.15) is 0 Å². The standard InChI is InChI=1S/C3H6BNO2/c4-5-1-2-7-3(5)6/h3,6H,1-2H2. The van der Waals surface area contributed by atoms with E-state index in [-0.39, 0.29) is 0 Å². The van der Waals surface area contributed by atoms with Crippen LogP contribution in [-0.2, 0) is 4.74 Å². The average molecular weight is 98.9 g/mol. The Morgan fingerprint density at radius 3 is 2.71 bits per heavy atom. The van der Waals surface area contributed by atoms with Crippen molar-refractivity contribution >= 4 is 7.98 Å². The maximum absolute atomic E-state index is 8.58. The first-order valence-electron chi connectivity index (χ1n) is 2.12. The van der Waals surface area contributed by atoms with Crippen LogP contribution in [0.3, 0.4) is 0 Å². The third-order valence-electron chi connectivity index (χ3n) is 0.900. The lowest BCUT2D eigenvalue weighted by Crippen LogP contribution is -2.26. The summed E-state index contributed by atoms with van der Waals surface area (Å²) in [6.45, 7) is 1.14. The van der Waals surface area contributed by atoms with Crippen molar-refractivity contribution in [1.29, 1.82) is 0 Å². The lowest BCUT2D eigenvalue weighted by molar-refractivity contribution is -0.106. The predicted molar refractivity (Wildman–Crippen MR) is 24.4 cm³/mol. The second kappa shape index (κ2) is 1.82. The van der Waals surface area contributed by atoms with Crippen molar-refractivity contribution in [3.8, 4) is 0 Å². The Labute approximate surface area is 43.3 Å². The molecule has 3 nitrogen and oxygen atoms in total. The highest BCUT2D eigenvalue weighted by Gasteiger charge is 2.16. The molecule has 1 N–H and O–H groups in total. The summed E-state index contributed by atoms with van der Waals surface area (Å²) in [5.41, 5.74) is 0. The fourth-order valence-corrected chi connectivity index (χ4v) is 0.470. The van der Waals surface area contributed by atoms with E-state index in [1.54, 1.807) is 0 Å². The van der Waals surface area contributed by atoms with Crippen LogP contribution in [0, 0.1) is 0 Å². The van der Waals surface area contributed by atoms with Gasteiger partial charge in [-0.25, -0.2) is 0 Å². The van der Waals surface area contributed by atoms with Crippen molar-refractivity contribution in [1.82, 2.24) is 4.81 Å². The molecule has 0 aromatic heterocycles. The van der Waals surface area contributed by atoms with Crippen LogP contribution in [0.25, 0.3) is 0 Å². The van der Waals surface area contributed by atoms with E-state index in [0.717, 1.165) is 0 Å². The van der Waals surface area contributed by atoms with Gasteiger partial charge in [-0.2, -0.15) is 0 Å². The second-order valence-corrected chi connectivity index (χ2v) is 1.43. The monoisotopic (exact) mass is 99.0 g/mol. The summed E-state index contributed by atoms with van der Waals surface area (Å²) in [5, 5.41) is 8.58. The van der Waals surface area contributed by atoms with E-state index in [1.165, 1.54) is 4.81 Å². The number of rotatable bonds is 0. The Hall–Kier alpha value is -0.0551. The van der Waals surface area contributed by atoms with Crippen LogP contribution < -0.4 is 0 Å². The minimum atomic E-state index is -0.875. The summed E-state index contributed by atoms with van der Waals surface area (Å²) in [6, 6.07) is 0. The molecule has 1 unspecified atom stereocenters. The van der Waals surface area contributed by atoms with Crippen LogP contribution in [0.5, 0.6) is 0 Å². The first-order valence-corrected chi connectivity index (χ1v) is 2.12. The molecule has 0 bridgehead atoms. The normalized spacial score (nSPS) is 34.1. The van der Waals surface area contributed by atoms with Crippen molar-refractivity contribution in [3.63, 3.8) is 0 Å². The van der Waals surface area contributed by atoms with Crippen LogP contribution in [0.1, 0.15) is 0 Å². The average Bonchev–Trinajstić information content (AvgIpc) is 1.91. The van der Waals surface area contributed by atoms with Crippen molar-refractivity contribution in [2.45, 2.75) is 6.41 Å². The fraction of sp³-hybridized carbons (Fsp3) is 1.00. The van der Waals surface area contributed by atoms with Crippen LogP contribution in [0.2, 0.25) is 0 Å². The van der Waals surface area contributed by atoms with Gasteiger partial charge in [0.2, 0.25) is 6.41 Å². The molecule has 1 fully saturated rings. The van der Waals surface area contributed by atoms with Gasteiger partial charge in [-0.3, -0.25) is 0 Å². The van der Waals surface area contributed by atoms with Crippen LogP contribution in [0.4, 0.5) is 0 Å². The van der Waals surface area contributed by atoms with E-state index < -0.39 is 6.41 Å². The Morgan fingerprint density at radius 2 is 2.57 bits per heavy atom. The smallest absolute Gasteiger partial charge is 0.205 e. The highest BCUT2D eigenvalue weighted by molar-refractivity contribution is 6.04. The first kappa shape index (κ1) is 5.09. The number of aliphatic hydroxyl groups is 1. The van der Waals surface area contributed by atoms with Crippen molar-refractivity contribution in [3.05, 3.63) is 0 Å². The van der Waals surface area contributed by atoms with Gasteiger partial charge in [0.05, 0.1) is 6.61 Å². The van der Waals surface area contributed by atoms with E-state index in [0.29, 0.717) is 13.2 Å². The summed E-state index contributed by atoms with van der Waals surface area (Å²) in [4.78, 5) is 1.24. The van der Waals surface area contributed by atoms with E-state index in [1.807, 2.05) is 0 Å². The minimum absolute atomic E-state index is 0.525. The van der Waals surface area contributed by atoms with E-state index in [9.17, 15) is 0 Å². The molecular formula is C3H6BNO2. The molecule has 0 saturated carbocycles. The van der Waals surface area contributed by atoms with Gasteiger partial charge in [-0.15, -0.1) is 0 Å². The third-order valence-corrected chi connectivity index (χ3v) is 0.900. The molecule has 1 saturated heterocycles. The quantitative estimate of drug-likeness (QED) is 0.382. The number of aliphatic hydroxyl groups excluding tert-OH is 1. The van der Waals surface area contributed by atoms with Gasteiger partial charge in [0, 0.05) is 6.54 Å². The Balaban J connectivity index is 2.33. The zero-order valence-corrected chi connectivity index (χ0v) is 3.87. The molecule has 0 aliphatic carbocycles. The highest BCUT2D eigenvalue weighted by atomic mass is 16.6. The molecule has 4 heteroatoms. The number of ether oxygens (including phenoxy) is 1. The van der Waals surface area contributed by atoms with Gasteiger partial charge in [-0.05, 0) is 0 Å². The molecule has 0 aromatic carbocycles. The van der Waals surface area contributed by atoms with Gasteiger partial charge in [0.15, 0.2) is 7.98 Å². The maximum Gasteiger partial charge on any atom is 0.205 e. The molecule has 0 amide bonds. The Bertz CT molecular complexity index is 62.0. The van der Waals surface area contributed by atoms with Gasteiger partial charge in [-0.1, -0.05) is 0 Å². The summed E-state index contributed by atoms with van der Waals surface area (Å²) in [6.07, 6.45) is -0.875. The maximum atomic E-state index is 8.58. The van der Waals surface area contributed by atoms with E-state index in [4.69, 9.17) is 13.1 Å². The van der Waals surface area contributed by atoms with Crippen molar-refractivity contribution in [2.24, 2.45) is 0 Å². The van der Waals surface area contributed by atoms with E-state index in [2.05, 4.69) is 4.74 Å². The molecule has 1 heterocycles. The van der Waals surface area contributed by atoms with Crippen molar-refractivity contribution in [2.75, 3.05) is 13.2 Å². The fourth-order valence-electron chi connectivity index (χ4n) is 0.470. The Kier molecular flexibility index (Phi) is 1.32. The molecule has 1 atom stereocenters. The SMILES string of the molecule is [B]N1CCOC1O. The molecule has 1 rings (SSSR count). The molecule has 0 spiro atoms. The highest BCUT2D eigenvalue weighted by Crippen LogP contribution is 2.00. The van der Waals surface area contributed by atoms with E-state index >= 15 is 0 Å². The van der Waals surface area contributed by atoms with Gasteiger partial charge < -0.3 is 14.7 Å². The first-order chi connectivity index (χ1) is 3.30. The predicted octanol–water partition coefficient (Wildman–Crippen LogP) is -1.32. The van der Waals surface area contributed by atoms with Crippen molar-refractivity contribution < 1.29 is 9.84 Å². The number of hydrogen-bond donors (Lipinski definition) is 1. The minimum Gasteiger partial charge on any atom is -0.356 e. The second-order valence-electron chi connectivity index (χ2n) is 1.43. The Morgan fingerprint density at radius 1 is 1.86 bits per heavy atom. The third kappa shape index (κ3) is 0.935. The number of nitrogens with zero attached hydrogens (tertiary/aromatic N) is 1. The molecule has 1 aliphatic heterocycles. The van der Waals surface area contributed by atoms with Crippen LogP contribution >= 0.6 is 0 Å².